The van der Waals surface area contributed by atoms with Crippen molar-refractivity contribution >= 4 is 51.2 Å². The number of aliphatic hydroxyl groups excluding tert-OH is 1. The Labute approximate surface area is 248 Å². The van der Waals surface area contributed by atoms with Crippen LogP contribution in [0.15, 0.2) is 97.2 Å². The van der Waals surface area contributed by atoms with Gasteiger partial charge in [0, 0.05) is 71.1 Å². The van der Waals surface area contributed by atoms with Gasteiger partial charge in [0.1, 0.15) is 5.82 Å². The van der Waals surface area contributed by atoms with Gasteiger partial charge in [0.2, 0.25) is 0 Å². The molecule has 0 atom stereocenters. The molecular weight excluding hydrogens is 545 g/mol. The summed E-state index contributed by atoms with van der Waals surface area (Å²) >= 11 is 0. The van der Waals surface area contributed by atoms with Gasteiger partial charge in [-0.2, -0.15) is 0 Å². The number of benzene rings is 4. The maximum Gasteiger partial charge on any atom is 0.255 e. The first-order valence-electron chi connectivity index (χ1n) is 14.2. The van der Waals surface area contributed by atoms with Gasteiger partial charge in [-0.3, -0.25) is 9.59 Å². The number of hydrogen-bond donors (Lipinski definition) is 4. The smallest absolute Gasteiger partial charge is 0.255 e. The molecule has 0 spiro atoms. The SMILES string of the molecule is Cn1ccc2cc(C(=O)Nc3ccc(Nc4ccc(NC(=O)c5ccc(N6CCC(O)CC6)cc5)cc4)c(F)c3)ccc21. The van der Waals surface area contributed by atoms with E-state index >= 15 is 0 Å². The molecule has 1 saturated heterocycles. The van der Waals surface area contributed by atoms with E-state index in [4.69, 9.17) is 0 Å². The fraction of sp³-hybridized carbons (Fsp3) is 0.176. The summed E-state index contributed by atoms with van der Waals surface area (Å²) in [4.78, 5) is 27.7. The number of carbonyl (C=O) groups excluding carboxylic acids is 2. The average molecular weight is 578 g/mol. The number of piperidine rings is 1. The molecule has 2 heterocycles. The molecule has 1 aliphatic heterocycles. The Morgan fingerprint density at radius 2 is 1.40 bits per heavy atom. The van der Waals surface area contributed by atoms with Crippen LogP contribution in [0.2, 0.25) is 0 Å². The summed E-state index contributed by atoms with van der Waals surface area (Å²) in [7, 11) is 1.94. The zero-order chi connectivity index (χ0) is 29.9. The lowest BCUT2D eigenvalue weighted by atomic mass is 10.1. The van der Waals surface area contributed by atoms with Crippen molar-refractivity contribution in [2.75, 3.05) is 33.9 Å². The second-order valence-corrected chi connectivity index (χ2v) is 10.8. The van der Waals surface area contributed by atoms with Gasteiger partial charge in [-0.25, -0.2) is 4.39 Å². The van der Waals surface area contributed by atoms with Crippen molar-refractivity contribution in [2.24, 2.45) is 7.05 Å². The van der Waals surface area contributed by atoms with Crippen LogP contribution in [0.5, 0.6) is 0 Å². The highest BCUT2D eigenvalue weighted by Crippen LogP contribution is 2.26. The molecule has 4 aromatic carbocycles. The number of fused-ring (bicyclic) bond motifs is 1. The summed E-state index contributed by atoms with van der Waals surface area (Å²) in [5.74, 6) is -1.06. The van der Waals surface area contributed by atoms with Gasteiger partial charge < -0.3 is 30.5 Å². The topological polar surface area (TPSA) is 98.6 Å². The number of rotatable bonds is 7. The van der Waals surface area contributed by atoms with E-state index in [9.17, 15) is 19.1 Å². The highest BCUT2D eigenvalue weighted by molar-refractivity contribution is 6.06. The zero-order valence-corrected chi connectivity index (χ0v) is 23.7. The fourth-order valence-electron chi connectivity index (χ4n) is 5.26. The second-order valence-electron chi connectivity index (χ2n) is 10.8. The molecule has 6 rings (SSSR count). The van der Waals surface area contributed by atoms with Crippen LogP contribution in [0, 0.1) is 5.82 Å². The maximum absolute atomic E-state index is 14.9. The molecule has 4 N–H and O–H groups in total. The monoisotopic (exact) mass is 577 g/mol. The molecule has 218 valence electrons. The third-order valence-electron chi connectivity index (χ3n) is 7.76. The lowest BCUT2D eigenvalue weighted by molar-refractivity contribution is 0.101. The first kappa shape index (κ1) is 28.0. The van der Waals surface area contributed by atoms with Gasteiger partial charge >= 0.3 is 0 Å². The van der Waals surface area contributed by atoms with Crippen molar-refractivity contribution in [1.29, 1.82) is 0 Å². The van der Waals surface area contributed by atoms with Crippen molar-refractivity contribution in [3.8, 4) is 0 Å². The molecule has 1 aliphatic rings. The van der Waals surface area contributed by atoms with Crippen LogP contribution in [0.25, 0.3) is 10.9 Å². The van der Waals surface area contributed by atoms with Crippen LogP contribution in [0.4, 0.5) is 32.8 Å². The zero-order valence-electron chi connectivity index (χ0n) is 23.7. The summed E-state index contributed by atoms with van der Waals surface area (Å²) < 4.78 is 16.9. The largest absolute Gasteiger partial charge is 0.393 e. The molecule has 1 fully saturated rings. The Kier molecular flexibility index (Phi) is 7.81. The van der Waals surface area contributed by atoms with E-state index in [-0.39, 0.29) is 23.6 Å². The van der Waals surface area contributed by atoms with Crippen molar-refractivity contribution in [2.45, 2.75) is 18.9 Å². The van der Waals surface area contributed by atoms with Crippen LogP contribution >= 0.6 is 0 Å². The predicted octanol–water partition coefficient (Wildman–Crippen LogP) is 6.53. The number of hydrogen-bond acceptors (Lipinski definition) is 5. The minimum Gasteiger partial charge on any atom is -0.393 e. The van der Waals surface area contributed by atoms with Crippen LogP contribution in [-0.2, 0) is 7.05 Å². The molecule has 2 amide bonds. The van der Waals surface area contributed by atoms with Gasteiger partial charge in [0.05, 0.1) is 11.8 Å². The third-order valence-corrected chi connectivity index (χ3v) is 7.76. The van der Waals surface area contributed by atoms with Crippen LogP contribution in [-0.4, -0.2) is 40.7 Å². The van der Waals surface area contributed by atoms with Gasteiger partial charge in [0.25, 0.3) is 11.8 Å². The minimum atomic E-state index is -0.516. The molecule has 0 aliphatic carbocycles. The molecule has 0 bridgehead atoms. The van der Waals surface area contributed by atoms with Gasteiger partial charge in [-0.1, -0.05) is 0 Å². The number of anilines is 5. The van der Waals surface area contributed by atoms with Crippen LogP contribution in [0.1, 0.15) is 33.6 Å². The number of aliphatic hydroxyl groups is 1. The maximum atomic E-state index is 14.9. The van der Waals surface area contributed by atoms with E-state index in [0.29, 0.717) is 28.2 Å². The molecule has 0 saturated carbocycles. The molecule has 43 heavy (non-hydrogen) atoms. The van der Waals surface area contributed by atoms with Crippen molar-refractivity contribution in [3.05, 3.63) is 114 Å². The normalized spacial score (nSPS) is 13.6. The Morgan fingerprint density at radius 1 is 0.767 bits per heavy atom. The van der Waals surface area contributed by atoms with Gasteiger partial charge in [-0.15, -0.1) is 0 Å². The molecule has 8 nitrogen and oxygen atoms in total. The predicted molar refractivity (Wildman–Crippen MR) is 169 cm³/mol. The first-order valence-corrected chi connectivity index (χ1v) is 14.2. The van der Waals surface area contributed by atoms with E-state index < -0.39 is 5.82 Å². The standard InChI is InChI=1S/C34H32FN5O3/c1-39-17-14-23-20-24(4-13-32(23)39)34(43)38-27-9-12-31(30(35)21-27)36-25-5-7-26(8-6-25)37-33(42)22-2-10-28(11-3-22)40-18-15-29(41)16-19-40/h2-14,17,20-21,29,36,41H,15-16,18-19H2,1H3,(H,37,42)(H,38,43). The summed E-state index contributed by atoms with van der Waals surface area (Å²) in [5, 5.41) is 19.3. The number of nitrogens with one attached hydrogen (secondary N) is 3. The highest BCUT2D eigenvalue weighted by atomic mass is 19.1. The number of halogens is 1. The Balaban J connectivity index is 1.04. The average Bonchev–Trinajstić information content (AvgIpc) is 3.39. The Morgan fingerprint density at radius 3 is 2.12 bits per heavy atom. The van der Waals surface area contributed by atoms with Crippen molar-refractivity contribution < 1.29 is 19.1 Å². The number of nitrogens with zero attached hydrogens (tertiary/aromatic N) is 2. The summed E-state index contributed by atoms with van der Waals surface area (Å²) in [6.07, 6.45) is 3.19. The third kappa shape index (κ3) is 6.37. The minimum absolute atomic E-state index is 0.228. The molecule has 0 radical (unpaired) electrons. The van der Waals surface area contributed by atoms with Gasteiger partial charge in [0.15, 0.2) is 0 Å². The lowest BCUT2D eigenvalue weighted by Crippen LogP contribution is -2.35. The molecule has 9 heteroatoms. The molecule has 0 unspecified atom stereocenters. The van der Waals surface area contributed by atoms with Crippen molar-refractivity contribution in [3.63, 3.8) is 0 Å². The summed E-state index contributed by atoms with van der Waals surface area (Å²) in [5.41, 5.74) is 4.94. The molecular formula is C34H32FN5O3. The Bertz CT molecular complexity index is 1770. The first-order chi connectivity index (χ1) is 20.8. The lowest BCUT2D eigenvalue weighted by Gasteiger charge is -2.31. The van der Waals surface area contributed by atoms with Crippen LogP contribution in [0.3, 0.4) is 0 Å². The number of amides is 2. The van der Waals surface area contributed by atoms with E-state index in [1.54, 1.807) is 54.6 Å². The second kappa shape index (κ2) is 12.0. The summed E-state index contributed by atoms with van der Waals surface area (Å²) in [6, 6.07) is 26.3. The van der Waals surface area contributed by atoms with Crippen molar-refractivity contribution in [1.82, 2.24) is 4.57 Å². The van der Waals surface area contributed by atoms with E-state index in [2.05, 4.69) is 20.9 Å². The number of aryl methyl sites for hydroxylation is 1. The number of aromatic nitrogens is 1. The van der Waals surface area contributed by atoms with E-state index in [0.717, 1.165) is 42.5 Å². The fourth-order valence-corrected chi connectivity index (χ4v) is 5.26. The highest BCUT2D eigenvalue weighted by Gasteiger charge is 2.18. The van der Waals surface area contributed by atoms with E-state index in [1.807, 2.05) is 48.1 Å². The van der Waals surface area contributed by atoms with Gasteiger partial charge in [-0.05, 0) is 104 Å². The van der Waals surface area contributed by atoms with Crippen LogP contribution < -0.4 is 20.9 Å². The summed E-state index contributed by atoms with van der Waals surface area (Å²) in [6.45, 7) is 1.59. The molecule has 1 aromatic heterocycles. The Hall–Kier alpha value is -5.15. The van der Waals surface area contributed by atoms with E-state index in [1.165, 1.54) is 6.07 Å². The molecule has 5 aromatic rings. The quantitative estimate of drug-likeness (QED) is 0.176. The number of carbonyl (C=O) groups is 2.